The number of methoxy groups -OCH3 is 1. The summed E-state index contributed by atoms with van der Waals surface area (Å²) >= 11 is 0. The number of nitrogens with one attached hydrogen (secondary N) is 1. The van der Waals surface area contributed by atoms with Crippen LogP contribution in [0.2, 0.25) is 0 Å². The lowest BCUT2D eigenvalue weighted by atomic mass is 9.48. The van der Waals surface area contributed by atoms with E-state index in [9.17, 15) is 4.79 Å². The Hall–Kier alpha value is -2.34. The minimum Gasteiger partial charge on any atom is -0.485 e. The molecule has 0 amide bonds. The van der Waals surface area contributed by atoms with Crippen molar-refractivity contribution < 1.29 is 9.53 Å². The van der Waals surface area contributed by atoms with Gasteiger partial charge in [0.05, 0.1) is 7.11 Å². The molecule has 0 radical (unpaired) electrons. The fourth-order valence-electron chi connectivity index (χ4n) is 6.27. The van der Waals surface area contributed by atoms with Gasteiger partial charge in [-0.05, 0) is 81.1 Å². The first-order chi connectivity index (χ1) is 16.5. The van der Waals surface area contributed by atoms with Crippen LogP contribution < -0.4 is 0 Å². The van der Waals surface area contributed by atoms with Crippen molar-refractivity contribution in [3.63, 3.8) is 0 Å². The molecule has 0 aromatic heterocycles. The number of carbonyl (C=O) groups excluding carboxylic acids is 1. The molecule has 204 valence electrons. The minimum absolute atomic E-state index is 0. The van der Waals surface area contributed by atoms with Crippen LogP contribution in [0.1, 0.15) is 100 Å². The summed E-state index contributed by atoms with van der Waals surface area (Å²) in [6, 6.07) is 0. The summed E-state index contributed by atoms with van der Waals surface area (Å²) in [4.78, 5) is 9.81. The van der Waals surface area contributed by atoms with Gasteiger partial charge in [0.15, 0.2) is 5.90 Å². The molecule has 0 saturated heterocycles. The lowest BCUT2D eigenvalue weighted by molar-refractivity contribution is -0.116. The summed E-state index contributed by atoms with van der Waals surface area (Å²) in [7, 11) is 1.47. The topological polar surface area (TPSA) is 50.2 Å². The highest BCUT2D eigenvalue weighted by atomic mass is 16.5. The van der Waals surface area contributed by atoms with Gasteiger partial charge < -0.3 is 9.53 Å². The maximum atomic E-state index is 9.81. The number of terminal acetylenes is 1. The number of allylic oxidation sites excluding steroid dienone is 6. The summed E-state index contributed by atoms with van der Waals surface area (Å²) in [6.45, 7) is 19.5. The van der Waals surface area contributed by atoms with Crippen molar-refractivity contribution in [3.05, 3.63) is 48.6 Å². The second kappa shape index (κ2) is 17.2. The normalized spacial score (nSPS) is 30.3. The molecule has 3 heteroatoms. The van der Waals surface area contributed by atoms with E-state index in [2.05, 4.69) is 62.8 Å². The molecular weight excluding hydrogens is 442 g/mol. The molecule has 1 N–H and O–H groups in total. The van der Waals surface area contributed by atoms with E-state index in [4.69, 9.17) is 5.41 Å². The quantitative estimate of drug-likeness (QED) is 0.170. The number of hydrogen-bond acceptors (Lipinski definition) is 3. The maximum Gasteiger partial charge on any atom is 0.176 e. The van der Waals surface area contributed by atoms with Gasteiger partial charge in [-0.1, -0.05) is 71.1 Å². The summed E-state index contributed by atoms with van der Waals surface area (Å²) in [5.74, 6) is 3.39. The minimum atomic E-state index is 0. The Labute approximate surface area is 224 Å². The van der Waals surface area contributed by atoms with Crippen LogP contribution in [-0.4, -0.2) is 18.8 Å². The van der Waals surface area contributed by atoms with Crippen molar-refractivity contribution in [3.8, 4) is 12.8 Å². The highest BCUT2D eigenvalue weighted by Gasteiger charge is 2.55. The van der Waals surface area contributed by atoms with Crippen LogP contribution in [0.5, 0.6) is 0 Å². The Bertz CT molecular complexity index is 788. The molecule has 5 atom stereocenters. The third-order valence-electron chi connectivity index (χ3n) is 8.23. The largest absolute Gasteiger partial charge is 0.485 e. The Morgan fingerprint density at radius 2 is 1.72 bits per heavy atom. The first-order valence-electron chi connectivity index (χ1n) is 13.1. The molecule has 0 spiro atoms. The van der Waals surface area contributed by atoms with E-state index >= 15 is 0 Å². The summed E-state index contributed by atoms with van der Waals surface area (Å²) in [6.07, 6.45) is 27.7. The number of ketones is 1. The molecular formula is C33H55NO2. The zero-order chi connectivity index (χ0) is 27.2. The number of ether oxygens (including phenoxy) is 1. The second-order valence-corrected chi connectivity index (χ2v) is 10.6. The number of fused-ring (bicyclic) bond motifs is 5. The molecule has 3 fully saturated rings. The second-order valence-electron chi connectivity index (χ2n) is 10.6. The number of Topliss-reactive ketones (excluding diaryl/α,β-unsaturated/α-hetero) is 1. The van der Waals surface area contributed by atoms with Crippen molar-refractivity contribution in [1.82, 2.24) is 0 Å². The smallest absolute Gasteiger partial charge is 0.176 e. The number of rotatable bonds is 1. The molecule has 0 aliphatic heterocycles. The van der Waals surface area contributed by atoms with Crippen molar-refractivity contribution in [2.45, 2.75) is 100 Å². The fourth-order valence-corrected chi connectivity index (χ4v) is 6.27. The van der Waals surface area contributed by atoms with Gasteiger partial charge in [-0.3, -0.25) is 5.41 Å². The molecule has 4 aliphatic rings. The van der Waals surface area contributed by atoms with Crippen LogP contribution in [0.4, 0.5) is 0 Å². The van der Waals surface area contributed by atoms with E-state index in [-0.39, 0.29) is 19.1 Å². The summed E-state index contributed by atoms with van der Waals surface area (Å²) in [5.41, 5.74) is 3.90. The van der Waals surface area contributed by atoms with E-state index in [0.29, 0.717) is 17.3 Å². The van der Waals surface area contributed by atoms with Gasteiger partial charge in [-0.15, -0.1) is 19.4 Å². The Kier molecular flexibility index (Phi) is 17.1. The predicted octanol–water partition coefficient (Wildman–Crippen LogP) is 9.36. The van der Waals surface area contributed by atoms with Gasteiger partial charge in [-0.2, -0.15) is 0 Å². The van der Waals surface area contributed by atoms with Crippen molar-refractivity contribution in [2.24, 2.45) is 28.6 Å². The number of carbonyl (C=O) groups is 1. The number of hydrogen-bond donors (Lipinski definition) is 1. The first-order valence-corrected chi connectivity index (χ1v) is 13.1. The van der Waals surface area contributed by atoms with Crippen LogP contribution in [0, 0.1) is 46.8 Å². The van der Waals surface area contributed by atoms with Crippen LogP contribution in [-0.2, 0) is 9.53 Å². The average Bonchev–Trinajstić information content (AvgIpc) is 3.24. The van der Waals surface area contributed by atoms with Crippen molar-refractivity contribution >= 4 is 11.7 Å². The molecule has 0 aromatic rings. The van der Waals surface area contributed by atoms with Crippen molar-refractivity contribution in [1.29, 1.82) is 5.41 Å². The van der Waals surface area contributed by atoms with Gasteiger partial charge in [-0.25, -0.2) is 0 Å². The van der Waals surface area contributed by atoms with Crippen LogP contribution in [0.15, 0.2) is 48.6 Å². The van der Waals surface area contributed by atoms with Crippen LogP contribution in [0.3, 0.4) is 0 Å². The lowest BCUT2D eigenvalue weighted by Gasteiger charge is -2.56. The molecule has 3 saturated carbocycles. The predicted molar refractivity (Wildman–Crippen MR) is 159 cm³/mol. The van der Waals surface area contributed by atoms with Gasteiger partial charge in [0, 0.05) is 18.8 Å². The highest BCUT2D eigenvalue weighted by molar-refractivity contribution is 5.74. The fraction of sp³-hybridized carbons (Fsp3) is 0.636. The molecule has 0 bridgehead atoms. The third-order valence-corrected chi connectivity index (χ3v) is 8.23. The van der Waals surface area contributed by atoms with E-state index in [1.165, 1.54) is 57.6 Å². The maximum absolute atomic E-state index is 9.81. The molecule has 0 heterocycles. The summed E-state index contributed by atoms with van der Waals surface area (Å²) in [5, 5.41) is 6.52. The zero-order valence-corrected chi connectivity index (χ0v) is 23.6. The molecule has 0 aromatic carbocycles. The van der Waals surface area contributed by atoms with E-state index < -0.39 is 0 Å². The lowest BCUT2D eigenvalue weighted by Crippen LogP contribution is -2.48. The monoisotopic (exact) mass is 497 g/mol. The van der Waals surface area contributed by atoms with Gasteiger partial charge in [0.25, 0.3) is 0 Å². The Morgan fingerprint density at radius 3 is 2.19 bits per heavy atom. The molecule has 5 unspecified atom stereocenters. The molecule has 3 nitrogen and oxygen atoms in total. The summed E-state index contributed by atoms with van der Waals surface area (Å²) < 4.78 is 4.33. The molecule has 4 rings (SSSR count). The third kappa shape index (κ3) is 9.61. The first kappa shape index (κ1) is 35.8. The average molecular weight is 498 g/mol. The van der Waals surface area contributed by atoms with Crippen molar-refractivity contribution in [2.75, 3.05) is 7.11 Å². The van der Waals surface area contributed by atoms with Crippen LogP contribution in [0.25, 0.3) is 0 Å². The van der Waals surface area contributed by atoms with Crippen LogP contribution >= 0.6 is 0 Å². The van der Waals surface area contributed by atoms with E-state index in [1.807, 2.05) is 13.8 Å². The Balaban J connectivity index is 0. The van der Waals surface area contributed by atoms with Gasteiger partial charge in [0.2, 0.25) is 0 Å². The van der Waals surface area contributed by atoms with E-state index in [0.717, 1.165) is 17.8 Å². The van der Waals surface area contributed by atoms with Gasteiger partial charge in [0.1, 0.15) is 5.78 Å². The standard InChI is InChI=1S/C20H28.C4H8O.C3H7NO.C3H6.C2H2.CH4/c1-14-8-12-20(3)15(13-14)6-7-16-17-5-4-10-19(17,2)11-9-18(16)20;1-3-4(2)5;1-3(4)5-2;1-3-2;1-2;/h8,12-13,16-18H,1,4-7,9-11H2,2-3H3;3H2,1-2H3;4H,1-2H3;3H,1H2,2H3;1-2H;1H4. The molecule has 4 aliphatic carbocycles. The van der Waals surface area contributed by atoms with Gasteiger partial charge >= 0.3 is 0 Å². The van der Waals surface area contributed by atoms with E-state index in [1.54, 1.807) is 25.5 Å². The molecule has 36 heavy (non-hydrogen) atoms. The SMILES string of the molecule is C.C#C.C=C1C=CC2(C)C(=C1)CCC1C3CCCC3(C)CCC12.C=CC.CCC(C)=O.COC(C)=N. The Morgan fingerprint density at radius 1 is 1.19 bits per heavy atom. The highest BCUT2D eigenvalue weighted by Crippen LogP contribution is 2.64. The zero-order valence-electron chi connectivity index (χ0n) is 23.6.